The Labute approximate surface area is 186 Å². The second-order valence-corrected chi connectivity index (χ2v) is 7.79. The van der Waals surface area contributed by atoms with E-state index in [1.165, 1.54) is 37.7 Å². The van der Waals surface area contributed by atoms with E-state index < -0.39 is 0 Å². The summed E-state index contributed by atoms with van der Waals surface area (Å²) in [6.07, 6.45) is 7.40. The number of ether oxygens (including phenoxy) is 1. The Balaban J connectivity index is 0.00000280. The first-order chi connectivity index (χ1) is 13.1. The van der Waals surface area contributed by atoms with Crippen LogP contribution in [-0.2, 0) is 11.2 Å². The highest BCUT2D eigenvalue weighted by atomic mass is 127. The van der Waals surface area contributed by atoms with E-state index >= 15 is 0 Å². The fourth-order valence-electron chi connectivity index (χ4n) is 4.49. The molecule has 2 N–H and O–H groups in total. The molecular weight excluding hydrogens is 469 g/mol. The monoisotopic (exact) mass is 505 g/mol. The van der Waals surface area contributed by atoms with Crippen LogP contribution in [0.4, 0.5) is 0 Å². The van der Waals surface area contributed by atoms with Crippen molar-refractivity contribution >= 4 is 29.9 Å². The minimum atomic E-state index is 0. The number of rotatable bonds is 6. The Bertz CT molecular complexity index is 603. The average Bonchev–Trinajstić information content (AvgIpc) is 3.04. The van der Waals surface area contributed by atoms with Crippen LogP contribution in [0, 0.1) is 13.8 Å². The quantitative estimate of drug-likeness (QED) is 0.352. The summed E-state index contributed by atoms with van der Waals surface area (Å²) in [5, 5.41) is 11.1. The minimum absolute atomic E-state index is 0. The lowest BCUT2D eigenvalue weighted by Crippen LogP contribution is -2.60. The third-order valence-corrected chi connectivity index (χ3v) is 6.12. The van der Waals surface area contributed by atoms with Crippen LogP contribution in [0.5, 0.6) is 0 Å². The number of aliphatic imine (C=N–C) groups is 1. The van der Waals surface area contributed by atoms with Gasteiger partial charge in [-0.15, -0.1) is 24.0 Å². The maximum atomic E-state index is 5.58. The number of hydrogen-bond donors (Lipinski definition) is 2. The molecular formula is C20H36IN5O2. The summed E-state index contributed by atoms with van der Waals surface area (Å²) in [5.41, 5.74) is 2.40. The van der Waals surface area contributed by atoms with Gasteiger partial charge in [0, 0.05) is 44.3 Å². The molecule has 1 aromatic rings. The molecule has 3 rings (SSSR count). The van der Waals surface area contributed by atoms with E-state index in [1.807, 2.05) is 20.9 Å². The van der Waals surface area contributed by atoms with Crippen LogP contribution < -0.4 is 10.6 Å². The third-order valence-electron chi connectivity index (χ3n) is 6.12. The van der Waals surface area contributed by atoms with Crippen molar-refractivity contribution in [1.82, 2.24) is 20.7 Å². The third kappa shape index (κ3) is 5.82. The molecule has 0 bridgehead atoms. The molecule has 1 saturated carbocycles. The van der Waals surface area contributed by atoms with E-state index in [0.717, 1.165) is 63.2 Å². The van der Waals surface area contributed by atoms with Crippen LogP contribution in [0.2, 0.25) is 0 Å². The molecule has 0 unspecified atom stereocenters. The van der Waals surface area contributed by atoms with Gasteiger partial charge in [0.2, 0.25) is 0 Å². The van der Waals surface area contributed by atoms with Crippen LogP contribution in [-0.4, -0.2) is 68.0 Å². The number of morpholine rings is 1. The van der Waals surface area contributed by atoms with Crippen molar-refractivity contribution < 1.29 is 9.26 Å². The first kappa shape index (κ1) is 23.4. The fourth-order valence-corrected chi connectivity index (χ4v) is 4.49. The van der Waals surface area contributed by atoms with Crippen LogP contribution in [0.25, 0.3) is 0 Å². The molecule has 2 fully saturated rings. The first-order valence-corrected chi connectivity index (χ1v) is 10.3. The van der Waals surface area contributed by atoms with Crippen molar-refractivity contribution in [3.05, 3.63) is 17.0 Å². The normalized spacial score (nSPS) is 20.5. The van der Waals surface area contributed by atoms with Crippen LogP contribution in [0.3, 0.4) is 0 Å². The van der Waals surface area contributed by atoms with Crippen LogP contribution in [0.1, 0.15) is 49.1 Å². The first-order valence-electron chi connectivity index (χ1n) is 10.3. The van der Waals surface area contributed by atoms with Gasteiger partial charge < -0.3 is 19.9 Å². The largest absolute Gasteiger partial charge is 0.379 e. The summed E-state index contributed by atoms with van der Waals surface area (Å²) in [4.78, 5) is 7.08. The van der Waals surface area contributed by atoms with Crippen molar-refractivity contribution in [2.45, 2.75) is 57.9 Å². The minimum Gasteiger partial charge on any atom is -0.379 e. The van der Waals surface area contributed by atoms with E-state index in [4.69, 9.17) is 9.26 Å². The number of guanidine groups is 1. The van der Waals surface area contributed by atoms with E-state index in [9.17, 15) is 0 Å². The van der Waals surface area contributed by atoms with Gasteiger partial charge in [0.1, 0.15) is 5.76 Å². The van der Waals surface area contributed by atoms with Gasteiger partial charge in [-0.2, -0.15) is 0 Å². The maximum Gasteiger partial charge on any atom is 0.191 e. The number of halogens is 1. The molecule has 160 valence electrons. The zero-order valence-electron chi connectivity index (χ0n) is 17.6. The molecule has 2 aliphatic rings. The highest BCUT2D eigenvalue weighted by Crippen LogP contribution is 2.33. The standard InChI is InChI=1S/C20H35N5O2.HI/c1-16-18(17(2)27-24-16)7-10-22-19(21-3)23-15-20(8-5-4-6-9-20)25-11-13-26-14-12-25;/h4-15H2,1-3H3,(H2,21,22,23);1H. The topological polar surface area (TPSA) is 74.9 Å². The Hall–Kier alpha value is -0.870. The highest BCUT2D eigenvalue weighted by Gasteiger charge is 2.38. The van der Waals surface area contributed by atoms with Crippen molar-refractivity contribution in [2.24, 2.45) is 4.99 Å². The molecule has 1 saturated heterocycles. The lowest BCUT2D eigenvalue weighted by Gasteiger charge is -2.48. The molecule has 7 nitrogen and oxygen atoms in total. The Morgan fingerprint density at radius 1 is 1.14 bits per heavy atom. The fraction of sp³-hybridized carbons (Fsp3) is 0.800. The molecule has 8 heteroatoms. The summed E-state index contributed by atoms with van der Waals surface area (Å²) < 4.78 is 10.8. The maximum absolute atomic E-state index is 5.58. The predicted molar refractivity (Wildman–Crippen MR) is 123 cm³/mol. The zero-order chi connectivity index (χ0) is 19.1. The molecule has 2 heterocycles. The lowest BCUT2D eigenvalue weighted by atomic mass is 9.80. The van der Waals surface area contributed by atoms with Gasteiger partial charge in [0.05, 0.1) is 18.9 Å². The van der Waals surface area contributed by atoms with Crippen molar-refractivity contribution in [1.29, 1.82) is 0 Å². The number of nitrogens with zero attached hydrogens (tertiary/aromatic N) is 3. The van der Waals surface area contributed by atoms with E-state index in [1.54, 1.807) is 0 Å². The van der Waals surface area contributed by atoms with Gasteiger partial charge in [-0.1, -0.05) is 24.4 Å². The van der Waals surface area contributed by atoms with Crippen LogP contribution in [0.15, 0.2) is 9.52 Å². The predicted octanol–water partition coefficient (Wildman–Crippen LogP) is 2.65. The van der Waals surface area contributed by atoms with E-state index in [-0.39, 0.29) is 29.5 Å². The summed E-state index contributed by atoms with van der Waals surface area (Å²) in [6, 6.07) is 0. The molecule has 0 spiro atoms. The summed E-state index contributed by atoms with van der Waals surface area (Å²) in [7, 11) is 1.84. The number of aryl methyl sites for hydroxylation is 2. The number of hydrogen-bond acceptors (Lipinski definition) is 5. The second-order valence-electron chi connectivity index (χ2n) is 7.79. The van der Waals surface area contributed by atoms with E-state index in [0.29, 0.717) is 0 Å². The van der Waals surface area contributed by atoms with Crippen LogP contribution >= 0.6 is 24.0 Å². The Morgan fingerprint density at radius 3 is 2.46 bits per heavy atom. The molecule has 0 radical (unpaired) electrons. The van der Waals surface area contributed by atoms with Gasteiger partial charge in [0.15, 0.2) is 5.96 Å². The molecule has 1 aromatic heterocycles. The molecule has 0 atom stereocenters. The van der Waals surface area contributed by atoms with Gasteiger partial charge in [-0.3, -0.25) is 9.89 Å². The zero-order valence-corrected chi connectivity index (χ0v) is 19.9. The summed E-state index contributed by atoms with van der Waals surface area (Å²) in [6.45, 7) is 9.51. The van der Waals surface area contributed by atoms with Crippen molar-refractivity contribution in [3.8, 4) is 0 Å². The molecule has 28 heavy (non-hydrogen) atoms. The van der Waals surface area contributed by atoms with Crippen molar-refractivity contribution in [2.75, 3.05) is 46.4 Å². The molecule has 0 amide bonds. The van der Waals surface area contributed by atoms with Gasteiger partial charge in [-0.05, 0) is 33.1 Å². The van der Waals surface area contributed by atoms with Gasteiger partial charge in [0.25, 0.3) is 0 Å². The Kier molecular flexibility index (Phi) is 9.49. The van der Waals surface area contributed by atoms with Gasteiger partial charge in [-0.25, -0.2) is 0 Å². The SMILES string of the molecule is CN=C(NCCc1c(C)noc1C)NCC1(N2CCOCC2)CCCCC1.I. The van der Waals surface area contributed by atoms with E-state index in [2.05, 4.69) is 25.7 Å². The van der Waals surface area contributed by atoms with Crippen molar-refractivity contribution in [3.63, 3.8) is 0 Å². The number of nitrogens with one attached hydrogen (secondary N) is 2. The summed E-state index contributed by atoms with van der Waals surface area (Å²) >= 11 is 0. The molecule has 1 aliphatic carbocycles. The second kappa shape index (κ2) is 11.3. The van der Waals surface area contributed by atoms with Gasteiger partial charge >= 0.3 is 0 Å². The molecule has 1 aliphatic heterocycles. The molecule has 0 aromatic carbocycles. The highest BCUT2D eigenvalue weighted by molar-refractivity contribution is 14.0. The summed E-state index contributed by atoms with van der Waals surface area (Å²) in [5.74, 6) is 1.78. The number of aromatic nitrogens is 1. The Morgan fingerprint density at radius 2 is 1.86 bits per heavy atom. The lowest BCUT2D eigenvalue weighted by molar-refractivity contribution is -0.0352. The average molecular weight is 505 g/mol. The smallest absolute Gasteiger partial charge is 0.191 e.